The van der Waals surface area contributed by atoms with Gasteiger partial charge in [0.2, 0.25) is 0 Å². The van der Waals surface area contributed by atoms with Crippen molar-refractivity contribution in [2.75, 3.05) is 6.07 Å². The fraction of sp³-hybridized carbons (Fsp3) is 0.625. The van der Waals surface area contributed by atoms with Crippen molar-refractivity contribution in [1.29, 1.82) is 0 Å². The molecule has 0 fully saturated rings. The Morgan fingerprint density at radius 3 is 2.64 bits per heavy atom. The van der Waals surface area contributed by atoms with E-state index in [0.29, 0.717) is 6.42 Å². The number of halogens is 1. The van der Waals surface area contributed by atoms with Crippen molar-refractivity contribution in [2.45, 2.75) is 20.3 Å². The predicted molar refractivity (Wildman–Crippen MR) is 45.4 cm³/mol. The molecule has 64 valence electrons. The Morgan fingerprint density at radius 1 is 1.73 bits per heavy atom. The van der Waals surface area contributed by atoms with Crippen molar-refractivity contribution in [3.05, 3.63) is 12.7 Å². The Kier molecular flexibility index (Phi) is 4.19. The van der Waals surface area contributed by atoms with Crippen LogP contribution in [0.3, 0.4) is 0 Å². The SMILES string of the molecule is C=CCC(C)(C)C(=O)OCCl. The molecule has 0 aliphatic heterocycles. The third-order valence-electron chi connectivity index (χ3n) is 1.39. The fourth-order valence-electron chi connectivity index (χ4n) is 0.689. The van der Waals surface area contributed by atoms with E-state index in [1.807, 2.05) is 0 Å². The molecule has 0 aromatic rings. The second kappa shape index (κ2) is 4.39. The monoisotopic (exact) mass is 176 g/mol. The Hall–Kier alpha value is -0.500. The van der Waals surface area contributed by atoms with Crippen LogP contribution in [-0.2, 0) is 9.53 Å². The van der Waals surface area contributed by atoms with E-state index in [-0.39, 0.29) is 12.0 Å². The first-order valence-electron chi connectivity index (χ1n) is 3.38. The van der Waals surface area contributed by atoms with E-state index < -0.39 is 5.41 Å². The zero-order chi connectivity index (χ0) is 8.91. The van der Waals surface area contributed by atoms with Crippen molar-refractivity contribution in [3.8, 4) is 0 Å². The molecule has 0 radical (unpaired) electrons. The Labute approximate surface area is 72.2 Å². The molecule has 0 amide bonds. The first kappa shape index (κ1) is 10.5. The van der Waals surface area contributed by atoms with Crippen LogP contribution in [0.15, 0.2) is 12.7 Å². The number of allylic oxidation sites excluding steroid dienone is 1. The van der Waals surface area contributed by atoms with E-state index in [0.717, 1.165) is 0 Å². The van der Waals surface area contributed by atoms with Gasteiger partial charge in [-0.05, 0) is 20.3 Å². The largest absolute Gasteiger partial charge is 0.449 e. The van der Waals surface area contributed by atoms with Crippen LogP contribution in [0.25, 0.3) is 0 Å². The van der Waals surface area contributed by atoms with Gasteiger partial charge in [0.1, 0.15) is 0 Å². The maximum Gasteiger partial charge on any atom is 0.313 e. The molecule has 0 aliphatic rings. The minimum absolute atomic E-state index is 0.0839. The van der Waals surface area contributed by atoms with Crippen LogP contribution in [-0.4, -0.2) is 12.0 Å². The summed E-state index contributed by atoms with van der Waals surface area (Å²) in [6.45, 7) is 7.14. The van der Waals surface area contributed by atoms with Crippen molar-refractivity contribution in [2.24, 2.45) is 5.41 Å². The van der Waals surface area contributed by atoms with Gasteiger partial charge in [-0.1, -0.05) is 17.7 Å². The van der Waals surface area contributed by atoms with Crippen LogP contribution in [0.4, 0.5) is 0 Å². The molecule has 0 saturated carbocycles. The number of rotatable bonds is 4. The molecule has 0 aromatic carbocycles. The summed E-state index contributed by atoms with van der Waals surface area (Å²) < 4.78 is 4.64. The summed E-state index contributed by atoms with van der Waals surface area (Å²) in [5.74, 6) is -0.285. The second-order valence-electron chi connectivity index (χ2n) is 2.92. The molecule has 0 aromatic heterocycles. The van der Waals surface area contributed by atoms with E-state index >= 15 is 0 Å². The van der Waals surface area contributed by atoms with Gasteiger partial charge in [-0.15, -0.1) is 6.58 Å². The number of esters is 1. The molecule has 0 atom stereocenters. The minimum Gasteiger partial charge on any atom is -0.449 e. The van der Waals surface area contributed by atoms with Gasteiger partial charge < -0.3 is 4.74 Å². The Bertz CT molecular complexity index is 152. The average Bonchev–Trinajstić information content (AvgIpc) is 1.88. The van der Waals surface area contributed by atoms with Crippen LogP contribution in [0.2, 0.25) is 0 Å². The van der Waals surface area contributed by atoms with E-state index in [1.54, 1.807) is 19.9 Å². The number of carbonyl (C=O) groups excluding carboxylic acids is 1. The highest BCUT2D eigenvalue weighted by atomic mass is 35.5. The normalized spacial score (nSPS) is 10.8. The smallest absolute Gasteiger partial charge is 0.313 e. The van der Waals surface area contributed by atoms with Crippen LogP contribution in [0, 0.1) is 5.41 Å². The lowest BCUT2D eigenvalue weighted by Crippen LogP contribution is -2.25. The number of hydrogen-bond acceptors (Lipinski definition) is 2. The van der Waals surface area contributed by atoms with Crippen molar-refractivity contribution in [3.63, 3.8) is 0 Å². The van der Waals surface area contributed by atoms with E-state index in [2.05, 4.69) is 11.3 Å². The summed E-state index contributed by atoms with van der Waals surface area (Å²) in [5.41, 5.74) is -0.503. The van der Waals surface area contributed by atoms with Gasteiger partial charge in [0, 0.05) is 0 Å². The van der Waals surface area contributed by atoms with E-state index in [9.17, 15) is 4.79 Å². The quantitative estimate of drug-likeness (QED) is 0.373. The summed E-state index contributed by atoms with van der Waals surface area (Å²) in [6.07, 6.45) is 2.29. The first-order valence-corrected chi connectivity index (χ1v) is 3.92. The molecule has 11 heavy (non-hydrogen) atoms. The Morgan fingerprint density at radius 2 is 2.27 bits per heavy atom. The summed E-state index contributed by atoms with van der Waals surface area (Å²) in [5, 5.41) is 0. The highest BCUT2D eigenvalue weighted by molar-refractivity contribution is 6.17. The number of alkyl halides is 1. The highest BCUT2D eigenvalue weighted by Gasteiger charge is 2.27. The van der Waals surface area contributed by atoms with Gasteiger partial charge in [0.15, 0.2) is 6.07 Å². The van der Waals surface area contributed by atoms with Gasteiger partial charge in [-0.25, -0.2) is 0 Å². The number of hydrogen-bond donors (Lipinski definition) is 0. The van der Waals surface area contributed by atoms with Crippen LogP contribution < -0.4 is 0 Å². The van der Waals surface area contributed by atoms with Gasteiger partial charge in [-0.2, -0.15) is 0 Å². The molecule has 0 aliphatic carbocycles. The molecule has 0 heterocycles. The molecular weight excluding hydrogens is 164 g/mol. The van der Waals surface area contributed by atoms with Gasteiger partial charge in [0.05, 0.1) is 5.41 Å². The third kappa shape index (κ3) is 3.42. The summed E-state index contributed by atoms with van der Waals surface area (Å²) in [6, 6.07) is -0.0839. The maximum absolute atomic E-state index is 11.1. The lowest BCUT2D eigenvalue weighted by atomic mass is 9.90. The van der Waals surface area contributed by atoms with Crippen LogP contribution >= 0.6 is 11.6 Å². The Balaban J connectivity index is 4.05. The lowest BCUT2D eigenvalue weighted by Gasteiger charge is -2.19. The third-order valence-corrected chi connectivity index (χ3v) is 1.50. The molecule has 0 spiro atoms. The fourth-order valence-corrected chi connectivity index (χ4v) is 0.788. The van der Waals surface area contributed by atoms with Gasteiger partial charge in [-0.3, -0.25) is 4.79 Å². The lowest BCUT2D eigenvalue weighted by molar-refractivity contribution is -0.151. The predicted octanol–water partition coefficient (Wildman–Crippen LogP) is 2.33. The molecule has 0 unspecified atom stereocenters. The van der Waals surface area contributed by atoms with Crippen LogP contribution in [0.1, 0.15) is 20.3 Å². The van der Waals surface area contributed by atoms with Crippen molar-refractivity contribution >= 4 is 17.6 Å². The number of carbonyl (C=O) groups is 1. The maximum atomic E-state index is 11.1. The summed E-state index contributed by atoms with van der Waals surface area (Å²) >= 11 is 5.23. The van der Waals surface area contributed by atoms with Gasteiger partial charge in [0.25, 0.3) is 0 Å². The van der Waals surface area contributed by atoms with Gasteiger partial charge >= 0.3 is 5.97 Å². The zero-order valence-corrected chi connectivity index (χ0v) is 7.65. The standard InChI is InChI=1S/C8H13ClO2/c1-4-5-8(2,3)7(10)11-6-9/h4H,1,5-6H2,2-3H3. The minimum atomic E-state index is -0.503. The molecule has 2 nitrogen and oxygen atoms in total. The van der Waals surface area contributed by atoms with Crippen molar-refractivity contribution in [1.82, 2.24) is 0 Å². The summed E-state index contributed by atoms with van der Waals surface area (Å²) in [4.78, 5) is 11.1. The summed E-state index contributed by atoms with van der Waals surface area (Å²) in [7, 11) is 0. The molecule has 0 saturated heterocycles. The van der Waals surface area contributed by atoms with E-state index in [1.165, 1.54) is 0 Å². The highest BCUT2D eigenvalue weighted by Crippen LogP contribution is 2.22. The van der Waals surface area contributed by atoms with E-state index in [4.69, 9.17) is 11.6 Å². The first-order chi connectivity index (χ1) is 5.04. The average molecular weight is 177 g/mol. The topological polar surface area (TPSA) is 26.3 Å². The molecular formula is C8H13ClO2. The molecule has 0 rings (SSSR count). The molecule has 0 bridgehead atoms. The number of ether oxygens (including phenoxy) is 1. The molecule has 0 N–H and O–H groups in total. The molecule has 3 heteroatoms. The van der Waals surface area contributed by atoms with Crippen molar-refractivity contribution < 1.29 is 9.53 Å². The zero-order valence-electron chi connectivity index (χ0n) is 6.89. The van der Waals surface area contributed by atoms with Crippen LogP contribution in [0.5, 0.6) is 0 Å². The second-order valence-corrected chi connectivity index (χ2v) is 3.14.